The van der Waals surface area contributed by atoms with Gasteiger partial charge in [0, 0.05) is 5.92 Å². The Morgan fingerprint density at radius 3 is 2.67 bits per heavy atom. The molecule has 0 aromatic heterocycles. The molecule has 0 saturated heterocycles. The zero-order valence-corrected chi connectivity index (χ0v) is 15.8. The van der Waals surface area contributed by atoms with Crippen molar-refractivity contribution < 1.29 is 9.90 Å². The molecule has 1 N–H and O–H groups in total. The molecule has 0 aromatic carbocycles. The van der Waals surface area contributed by atoms with E-state index in [1.807, 2.05) is 6.92 Å². The molecule has 3 saturated carbocycles. The highest BCUT2D eigenvalue weighted by Crippen LogP contribution is 2.67. The van der Waals surface area contributed by atoms with Crippen LogP contribution in [-0.4, -0.2) is 17.0 Å². The maximum atomic E-state index is 12.4. The smallest absolute Gasteiger partial charge is 0.133 e. The van der Waals surface area contributed by atoms with Crippen molar-refractivity contribution in [3.05, 3.63) is 11.6 Å². The fourth-order valence-electron chi connectivity index (χ4n) is 7.87. The van der Waals surface area contributed by atoms with Crippen molar-refractivity contribution in [1.82, 2.24) is 0 Å². The topological polar surface area (TPSA) is 37.3 Å². The first-order chi connectivity index (χ1) is 11.3. The summed E-state index contributed by atoms with van der Waals surface area (Å²) < 4.78 is 0. The van der Waals surface area contributed by atoms with Gasteiger partial charge in [-0.15, -0.1) is 0 Å². The van der Waals surface area contributed by atoms with Crippen LogP contribution in [0.5, 0.6) is 0 Å². The molecule has 0 heterocycles. The normalized spacial score (nSPS) is 53.6. The molecule has 7 unspecified atom stereocenters. The van der Waals surface area contributed by atoms with Crippen LogP contribution < -0.4 is 0 Å². The van der Waals surface area contributed by atoms with Gasteiger partial charge in [-0.25, -0.2) is 0 Å². The van der Waals surface area contributed by atoms with E-state index in [0.29, 0.717) is 23.0 Å². The maximum Gasteiger partial charge on any atom is 0.133 e. The number of fused-ring (bicyclic) bond motifs is 5. The second kappa shape index (κ2) is 5.43. The van der Waals surface area contributed by atoms with Crippen LogP contribution in [-0.2, 0) is 4.79 Å². The lowest BCUT2D eigenvalue weighted by Crippen LogP contribution is -2.51. The number of rotatable bonds is 1. The van der Waals surface area contributed by atoms with Crippen LogP contribution in [0.2, 0.25) is 0 Å². The number of allylic oxidation sites excluding steroid dienone is 1. The quantitative estimate of drug-likeness (QED) is 0.704. The van der Waals surface area contributed by atoms with Gasteiger partial charge in [-0.3, -0.25) is 4.79 Å². The molecule has 24 heavy (non-hydrogen) atoms. The third-order valence-corrected chi connectivity index (χ3v) is 8.86. The number of hydrogen-bond donors (Lipinski definition) is 1. The van der Waals surface area contributed by atoms with E-state index in [4.69, 9.17) is 0 Å². The second-order valence-corrected chi connectivity index (χ2v) is 10.0. The summed E-state index contributed by atoms with van der Waals surface area (Å²) in [5.74, 6) is 3.46. The van der Waals surface area contributed by atoms with E-state index >= 15 is 0 Å². The van der Waals surface area contributed by atoms with Crippen molar-refractivity contribution in [2.24, 2.45) is 40.4 Å². The molecule has 0 aliphatic heterocycles. The van der Waals surface area contributed by atoms with E-state index in [2.05, 4.69) is 26.8 Å². The van der Waals surface area contributed by atoms with Crippen LogP contribution >= 0.6 is 0 Å². The molecule has 134 valence electrons. The van der Waals surface area contributed by atoms with Crippen molar-refractivity contribution in [3.8, 4) is 0 Å². The lowest BCUT2D eigenvalue weighted by atomic mass is 9.47. The van der Waals surface area contributed by atoms with E-state index in [-0.39, 0.29) is 17.4 Å². The van der Waals surface area contributed by atoms with E-state index in [0.717, 1.165) is 31.1 Å². The molecular weight excluding hydrogens is 296 g/mol. The molecule has 4 rings (SSSR count). The van der Waals surface area contributed by atoms with Gasteiger partial charge in [0.1, 0.15) is 5.78 Å². The van der Waals surface area contributed by atoms with Gasteiger partial charge in [-0.1, -0.05) is 32.4 Å². The summed E-state index contributed by atoms with van der Waals surface area (Å²) >= 11 is 0. The highest BCUT2D eigenvalue weighted by molar-refractivity contribution is 5.80. The SMILES string of the molecule is CC(=O)C1[C@H](C)CC2C3CC=C4CC(O)CCC4(C)C3CCC21C. The first-order valence-electron chi connectivity index (χ1n) is 10.2. The first-order valence-corrected chi connectivity index (χ1v) is 10.2. The summed E-state index contributed by atoms with van der Waals surface area (Å²) in [4.78, 5) is 12.4. The average molecular weight is 331 g/mol. The Morgan fingerprint density at radius 2 is 1.96 bits per heavy atom. The Hall–Kier alpha value is -0.630. The lowest BCUT2D eigenvalue weighted by Gasteiger charge is -2.57. The van der Waals surface area contributed by atoms with Gasteiger partial charge >= 0.3 is 0 Å². The van der Waals surface area contributed by atoms with Crippen molar-refractivity contribution in [3.63, 3.8) is 0 Å². The molecule has 8 atom stereocenters. The van der Waals surface area contributed by atoms with Crippen molar-refractivity contribution in [1.29, 1.82) is 0 Å². The molecule has 0 spiro atoms. The molecule has 4 aliphatic carbocycles. The Bertz CT molecular complexity index is 579. The highest BCUT2D eigenvalue weighted by Gasteiger charge is 2.61. The molecule has 4 aliphatic rings. The monoisotopic (exact) mass is 330 g/mol. The summed E-state index contributed by atoms with van der Waals surface area (Å²) in [7, 11) is 0. The molecule has 0 amide bonds. The Morgan fingerprint density at radius 1 is 1.21 bits per heavy atom. The second-order valence-electron chi connectivity index (χ2n) is 10.0. The number of Topliss-reactive ketones (excluding diaryl/α,β-unsaturated/α-hetero) is 1. The summed E-state index contributed by atoms with van der Waals surface area (Å²) in [6, 6.07) is 0. The van der Waals surface area contributed by atoms with E-state index in [9.17, 15) is 9.90 Å². The van der Waals surface area contributed by atoms with E-state index in [1.165, 1.54) is 25.7 Å². The fraction of sp³-hybridized carbons (Fsp3) is 0.864. The Balaban J connectivity index is 1.68. The highest BCUT2D eigenvalue weighted by atomic mass is 16.3. The number of carbonyl (C=O) groups excluding carboxylic acids is 1. The fourth-order valence-corrected chi connectivity index (χ4v) is 7.87. The van der Waals surface area contributed by atoms with Gasteiger partial charge in [-0.2, -0.15) is 0 Å². The van der Waals surface area contributed by atoms with Crippen LogP contribution in [0.1, 0.15) is 72.6 Å². The average Bonchev–Trinajstić information content (AvgIpc) is 2.78. The zero-order valence-electron chi connectivity index (χ0n) is 15.8. The molecule has 0 aromatic rings. The third kappa shape index (κ3) is 2.14. The largest absolute Gasteiger partial charge is 0.393 e. The van der Waals surface area contributed by atoms with Crippen molar-refractivity contribution in [2.45, 2.75) is 78.7 Å². The summed E-state index contributed by atoms with van der Waals surface area (Å²) in [5.41, 5.74) is 2.07. The number of hydrogen-bond acceptors (Lipinski definition) is 2. The van der Waals surface area contributed by atoms with Gasteiger partial charge in [0.2, 0.25) is 0 Å². The van der Waals surface area contributed by atoms with Gasteiger partial charge < -0.3 is 5.11 Å². The summed E-state index contributed by atoms with van der Waals surface area (Å²) in [6.45, 7) is 9.04. The van der Waals surface area contributed by atoms with Crippen molar-refractivity contribution >= 4 is 5.78 Å². The molecule has 2 nitrogen and oxygen atoms in total. The van der Waals surface area contributed by atoms with Crippen molar-refractivity contribution in [2.75, 3.05) is 0 Å². The summed E-state index contributed by atoms with van der Waals surface area (Å²) in [5, 5.41) is 10.1. The van der Waals surface area contributed by atoms with Gasteiger partial charge in [0.15, 0.2) is 0 Å². The van der Waals surface area contributed by atoms with E-state index < -0.39 is 0 Å². The third-order valence-electron chi connectivity index (χ3n) is 8.86. The number of aliphatic hydroxyl groups is 1. The summed E-state index contributed by atoms with van der Waals surface area (Å²) in [6.07, 6.45) is 10.3. The van der Waals surface area contributed by atoms with Gasteiger partial charge in [0.25, 0.3) is 0 Å². The number of aliphatic hydroxyl groups excluding tert-OH is 1. The minimum Gasteiger partial charge on any atom is -0.393 e. The number of carbonyl (C=O) groups is 1. The maximum absolute atomic E-state index is 12.4. The zero-order chi connectivity index (χ0) is 17.3. The first kappa shape index (κ1) is 16.8. The van der Waals surface area contributed by atoms with E-state index in [1.54, 1.807) is 5.57 Å². The number of ketones is 1. The predicted molar refractivity (Wildman–Crippen MR) is 96.4 cm³/mol. The van der Waals surface area contributed by atoms with Crippen LogP contribution in [0, 0.1) is 40.4 Å². The molecule has 2 heteroatoms. The Kier molecular flexibility index (Phi) is 3.81. The van der Waals surface area contributed by atoms with Crippen LogP contribution in [0.3, 0.4) is 0 Å². The predicted octanol–water partition coefficient (Wildman–Crippen LogP) is 4.76. The van der Waals surface area contributed by atoms with Crippen LogP contribution in [0.25, 0.3) is 0 Å². The molecule has 0 bridgehead atoms. The molecule has 3 fully saturated rings. The Labute approximate surface area is 147 Å². The van der Waals surface area contributed by atoms with Crippen LogP contribution in [0.4, 0.5) is 0 Å². The molecule has 0 radical (unpaired) electrons. The van der Waals surface area contributed by atoms with Crippen LogP contribution in [0.15, 0.2) is 11.6 Å². The minimum absolute atomic E-state index is 0.122. The minimum atomic E-state index is -0.122. The lowest BCUT2D eigenvalue weighted by molar-refractivity contribution is -0.128. The van der Waals surface area contributed by atoms with Gasteiger partial charge in [-0.05, 0) is 86.4 Å². The standard InChI is InChI=1S/C22H34O2/c1-13-11-19-17-6-5-15-12-16(24)7-9-21(15,3)18(17)8-10-22(19,4)20(13)14(2)23/h5,13,16-20,24H,6-12H2,1-4H3/t13-,16?,17?,18?,19?,20?,21?,22?/m1/s1. The van der Waals surface area contributed by atoms with Gasteiger partial charge in [0.05, 0.1) is 6.10 Å². The molecular formula is C22H34O2.